The van der Waals surface area contributed by atoms with Gasteiger partial charge in [-0.2, -0.15) is 0 Å². The SMILES string of the molecule is CC(=O)N1C(=O)/C(=C(/O)c2ccc(I)cc2)c2ccc(Cl)cc21. The quantitative estimate of drug-likeness (QED) is 0.410. The van der Waals surface area contributed by atoms with Crippen LogP contribution in [0, 0.1) is 3.57 Å². The van der Waals surface area contributed by atoms with Crippen LogP contribution < -0.4 is 4.90 Å². The van der Waals surface area contributed by atoms with E-state index >= 15 is 0 Å². The fourth-order valence-corrected chi connectivity index (χ4v) is 3.06. The molecule has 1 N–H and O–H groups in total. The van der Waals surface area contributed by atoms with Gasteiger partial charge in [0.25, 0.3) is 5.91 Å². The molecule has 1 heterocycles. The van der Waals surface area contributed by atoms with Crippen LogP contribution in [-0.4, -0.2) is 16.9 Å². The molecule has 0 fully saturated rings. The Hall–Kier alpha value is -1.86. The van der Waals surface area contributed by atoms with Crippen molar-refractivity contribution in [1.82, 2.24) is 0 Å². The van der Waals surface area contributed by atoms with Crippen LogP contribution in [0.4, 0.5) is 5.69 Å². The van der Waals surface area contributed by atoms with Gasteiger partial charge in [-0.25, -0.2) is 4.90 Å². The first kappa shape index (κ1) is 16.0. The van der Waals surface area contributed by atoms with Crippen LogP contribution >= 0.6 is 34.2 Å². The van der Waals surface area contributed by atoms with Crippen LogP contribution in [0.3, 0.4) is 0 Å². The van der Waals surface area contributed by atoms with Crippen molar-refractivity contribution in [2.24, 2.45) is 0 Å². The van der Waals surface area contributed by atoms with Crippen LogP contribution in [-0.2, 0) is 9.59 Å². The zero-order chi connectivity index (χ0) is 16.7. The minimum absolute atomic E-state index is 0.105. The zero-order valence-electron chi connectivity index (χ0n) is 12.0. The highest BCUT2D eigenvalue weighted by molar-refractivity contribution is 14.1. The normalized spacial score (nSPS) is 15.6. The molecule has 116 valence electrons. The largest absolute Gasteiger partial charge is 0.506 e. The van der Waals surface area contributed by atoms with Crippen LogP contribution in [0.1, 0.15) is 18.1 Å². The van der Waals surface area contributed by atoms with Gasteiger partial charge >= 0.3 is 0 Å². The number of carbonyl (C=O) groups excluding carboxylic acids is 2. The fraction of sp³-hybridized carbons (Fsp3) is 0.0588. The van der Waals surface area contributed by atoms with E-state index in [1.807, 2.05) is 12.1 Å². The second-order valence-electron chi connectivity index (χ2n) is 5.05. The lowest BCUT2D eigenvalue weighted by Gasteiger charge is -2.12. The number of hydrogen-bond acceptors (Lipinski definition) is 3. The molecule has 1 aliphatic heterocycles. The monoisotopic (exact) mass is 439 g/mol. The predicted molar refractivity (Wildman–Crippen MR) is 98.2 cm³/mol. The summed E-state index contributed by atoms with van der Waals surface area (Å²) in [7, 11) is 0. The molecule has 0 bridgehead atoms. The number of imide groups is 1. The third-order valence-corrected chi connectivity index (χ3v) is 4.51. The smallest absolute Gasteiger partial charge is 0.269 e. The number of aliphatic hydroxyl groups is 1. The molecule has 0 aromatic heterocycles. The summed E-state index contributed by atoms with van der Waals surface area (Å²) >= 11 is 8.13. The van der Waals surface area contributed by atoms with E-state index in [0.29, 0.717) is 21.8 Å². The molecule has 0 aliphatic carbocycles. The van der Waals surface area contributed by atoms with Gasteiger partial charge < -0.3 is 5.11 Å². The maximum atomic E-state index is 12.6. The first-order valence-electron chi connectivity index (χ1n) is 6.74. The second-order valence-corrected chi connectivity index (χ2v) is 6.73. The molecule has 0 saturated heterocycles. The number of hydrogen-bond donors (Lipinski definition) is 1. The van der Waals surface area contributed by atoms with Gasteiger partial charge in [0.15, 0.2) is 0 Å². The van der Waals surface area contributed by atoms with E-state index < -0.39 is 11.8 Å². The second kappa shape index (κ2) is 5.98. The summed E-state index contributed by atoms with van der Waals surface area (Å²) < 4.78 is 1.01. The lowest BCUT2D eigenvalue weighted by Crippen LogP contribution is -2.31. The minimum atomic E-state index is -0.550. The fourth-order valence-electron chi connectivity index (χ4n) is 2.53. The molecule has 2 aromatic rings. The van der Waals surface area contributed by atoms with E-state index in [-0.39, 0.29) is 11.3 Å². The Kier molecular flexibility index (Phi) is 4.16. The predicted octanol–water partition coefficient (Wildman–Crippen LogP) is 4.26. The summed E-state index contributed by atoms with van der Waals surface area (Å²) in [5, 5.41) is 11.0. The number of fused-ring (bicyclic) bond motifs is 1. The number of aliphatic hydroxyl groups excluding tert-OH is 1. The number of anilines is 1. The van der Waals surface area contributed by atoms with Gasteiger partial charge in [0, 0.05) is 26.6 Å². The topological polar surface area (TPSA) is 57.6 Å². The molecule has 0 radical (unpaired) electrons. The van der Waals surface area contributed by atoms with Crippen molar-refractivity contribution < 1.29 is 14.7 Å². The van der Waals surface area contributed by atoms with Gasteiger partial charge in [0.2, 0.25) is 5.91 Å². The van der Waals surface area contributed by atoms with Crippen molar-refractivity contribution in [2.75, 3.05) is 4.90 Å². The molecule has 1 aliphatic rings. The maximum Gasteiger partial charge on any atom is 0.269 e. The summed E-state index contributed by atoms with van der Waals surface area (Å²) in [6, 6.07) is 11.9. The first-order valence-corrected chi connectivity index (χ1v) is 8.20. The Labute approximate surface area is 151 Å². The number of benzene rings is 2. The summed E-state index contributed by atoms with van der Waals surface area (Å²) in [6.45, 7) is 1.30. The molecule has 23 heavy (non-hydrogen) atoms. The molecule has 0 spiro atoms. The van der Waals surface area contributed by atoms with Gasteiger partial charge in [-0.3, -0.25) is 9.59 Å². The van der Waals surface area contributed by atoms with E-state index in [9.17, 15) is 14.7 Å². The van der Waals surface area contributed by atoms with Crippen molar-refractivity contribution in [1.29, 1.82) is 0 Å². The highest BCUT2D eigenvalue weighted by Gasteiger charge is 2.37. The van der Waals surface area contributed by atoms with Crippen molar-refractivity contribution in [3.05, 3.63) is 62.2 Å². The lowest BCUT2D eigenvalue weighted by molar-refractivity contribution is -0.122. The number of nitrogens with zero attached hydrogens (tertiary/aromatic N) is 1. The Bertz CT molecular complexity index is 859. The average molecular weight is 440 g/mol. The van der Waals surface area contributed by atoms with Gasteiger partial charge in [-0.05, 0) is 46.9 Å². The number of carbonyl (C=O) groups is 2. The summed E-state index contributed by atoms with van der Waals surface area (Å²) in [4.78, 5) is 25.5. The maximum absolute atomic E-state index is 12.6. The third kappa shape index (κ3) is 2.74. The van der Waals surface area contributed by atoms with Crippen molar-refractivity contribution in [3.8, 4) is 0 Å². The lowest BCUT2D eigenvalue weighted by atomic mass is 10.0. The molecule has 0 unspecified atom stereocenters. The summed E-state index contributed by atoms with van der Waals surface area (Å²) in [6.07, 6.45) is 0. The minimum Gasteiger partial charge on any atom is -0.506 e. The van der Waals surface area contributed by atoms with Gasteiger partial charge in [-0.1, -0.05) is 29.8 Å². The molecule has 0 saturated carbocycles. The van der Waals surface area contributed by atoms with E-state index in [4.69, 9.17) is 11.6 Å². The highest BCUT2D eigenvalue weighted by atomic mass is 127. The zero-order valence-corrected chi connectivity index (χ0v) is 14.9. The van der Waals surface area contributed by atoms with Gasteiger partial charge in [-0.15, -0.1) is 0 Å². The summed E-state index contributed by atoms with van der Waals surface area (Å²) in [5.41, 5.74) is 1.50. The van der Waals surface area contributed by atoms with E-state index in [0.717, 1.165) is 8.47 Å². The van der Waals surface area contributed by atoms with E-state index in [1.165, 1.54) is 6.92 Å². The molecule has 4 nitrogen and oxygen atoms in total. The van der Waals surface area contributed by atoms with Crippen molar-refractivity contribution in [3.63, 3.8) is 0 Å². The van der Waals surface area contributed by atoms with Crippen LogP contribution in [0.15, 0.2) is 42.5 Å². The van der Waals surface area contributed by atoms with E-state index in [2.05, 4.69) is 22.6 Å². The van der Waals surface area contributed by atoms with E-state index in [1.54, 1.807) is 30.3 Å². The number of amides is 2. The Morgan fingerprint density at radius 1 is 1.17 bits per heavy atom. The Balaban J connectivity index is 2.24. The molecular weight excluding hydrogens is 429 g/mol. The highest BCUT2D eigenvalue weighted by Crippen LogP contribution is 2.41. The average Bonchev–Trinajstić information content (AvgIpc) is 2.78. The van der Waals surface area contributed by atoms with Crippen LogP contribution in [0.5, 0.6) is 0 Å². The third-order valence-electron chi connectivity index (χ3n) is 3.56. The van der Waals surface area contributed by atoms with Crippen LogP contribution in [0.25, 0.3) is 11.3 Å². The Morgan fingerprint density at radius 2 is 1.83 bits per heavy atom. The van der Waals surface area contributed by atoms with Crippen LogP contribution in [0.2, 0.25) is 5.02 Å². The molecule has 2 aromatic carbocycles. The standard InChI is InChI=1S/C17H11ClINO3/c1-9(21)20-14-8-11(18)4-7-13(14)15(17(20)23)16(22)10-2-5-12(19)6-3-10/h2-8,22H,1H3/b16-15+. The number of rotatable bonds is 1. The summed E-state index contributed by atoms with van der Waals surface area (Å²) in [5.74, 6) is -1.13. The van der Waals surface area contributed by atoms with Gasteiger partial charge in [0.1, 0.15) is 5.76 Å². The molecule has 3 rings (SSSR count). The Morgan fingerprint density at radius 3 is 2.43 bits per heavy atom. The van der Waals surface area contributed by atoms with Crippen molar-refractivity contribution in [2.45, 2.75) is 6.92 Å². The molecule has 0 atom stereocenters. The molecular formula is C17H11ClINO3. The van der Waals surface area contributed by atoms with Crippen molar-refractivity contribution >= 4 is 63.0 Å². The first-order chi connectivity index (χ1) is 10.9. The molecule has 6 heteroatoms. The number of halogens is 2. The molecule has 2 amide bonds. The van der Waals surface area contributed by atoms with Gasteiger partial charge in [0.05, 0.1) is 11.3 Å².